The van der Waals surface area contributed by atoms with E-state index in [4.69, 9.17) is 14.2 Å². The molecule has 0 radical (unpaired) electrons. The highest BCUT2D eigenvalue weighted by Gasteiger charge is 2.26. The second kappa shape index (κ2) is 17.6. The van der Waals surface area contributed by atoms with Gasteiger partial charge in [-0.15, -0.1) is 0 Å². The summed E-state index contributed by atoms with van der Waals surface area (Å²) in [5.74, 6) is 1.34. The molecule has 0 bridgehead atoms. The SMILES string of the molecule is CC(C)(C)C[C@@H](COc1ccc(-c2ccnc(Nc3ccc(N4CCN(C(=O)OCc5ccccc5)CC4)nc3)c2)cc1C(F)F)NC(=O)OC(C)(C)C. The zero-order valence-electron chi connectivity index (χ0n) is 31.8. The third-order valence-corrected chi connectivity index (χ3v) is 8.45. The Kier molecular flexibility index (Phi) is 12.9. The number of hydrogen-bond donors (Lipinski definition) is 2. The van der Waals surface area contributed by atoms with Gasteiger partial charge in [0, 0.05) is 32.4 Å². The van der Waals surface area contributed by atoms with Gasteiger partial charge < -0.3 is 34.6 Å². The average Bonchev–Trinajstić information content (AvgIpc) is 3.12. The monoisotopic (exact) mass is 744 g/mol. The Morgan fingerprint density at radius 1 is 0.870 bits per heavy atom. The van der Waals surface area contributed by atoms with Crippen molar-refractivity contribution in [3.63, 3.8) is 0 Å². The Labute approximate surface area is 316 Å². The third-order valence-electron chi connectivity index (χ3n) is 8.45. The van der Waals surface area contributed by atoms with Crippen LogP contribution < -0.4 is 20.3 Å². The number of carbonyl (C=O) groups is 2. The number of hydrogen-bond acceptors (Lipinski definition) is 9. The number of nitrogens with zero attached hydrogens (tertiary/aromatic N) is 4. The summed E-state index contributed by atoms with van der Waals surface area (Å²) in [4.78, 5) is 37.9. The molecular formula is C41H50F2N6O5. The predicted octanol–water partition coefficient (Wildman–Crippen LogP) is 8.99. The summed E-state index contributed by atoms with van der Waals surface area (Å²) < 4.78 is 45.5. The Bertz CT molecular complexity index is 1840. The molecule has 3 heterocycles. The van der Waals surface area contributed by atoms with Gasteiger partial charge in [0.2, 0.25) is 0 Å². The van der Waals surface area contributed by atoms with Crippen molar-refractivity contribution in [1.29, 1.82) is 0 Å². The molecule has 1 aliphatic rings. The second-order valence-corrected chi connectivity index (χ2v) is 15.4. The summed E-state index contributed by atoms with van der Waals surface area (Å²) in [6.07, 6.45) is 0.147. The Morgan fingerprint density at radius 2 is 1.59 bits per heavy atom. The van der Waals surface area contributed by atoms with Gasteiger partial charge in [-0.1, -0.05) is 57.2 Å². The van der Waals surface area contributed by atoms with Crippen molar-refractivity contribution in [1.82, 2.24) is 20.2 Å². The van der Waals surface area contributed by atoms with Crippen LogP contribution in [-0.4, -0.2) is 71.5 Å². The Balaban J connectivity index is 1.18. The number of aromatic nitrogens is 2. The molecule has 11 nitrogen and oxygen atoms in total. The number of pyridine rings is 2. The topological polar surface area (TPSA) is 118 Å². The summed E-state index contributed by atoms with van der Waals surface area (Å²) in [7, 11) is 0. The van der Waals surface area contributed by atoms with Gasteiger partial charge in [0.25, 0.3) is 6.43 Å². The van der Waals surface area contributed by atoms with E-state index in [2.05, 4.69) is 25.5 Å². The Morgan fingerprint density at radius 3 is 2.24 bits per heavy atom. The number of piperazine rings is 1. The van der Waals surface area contributed by atoms with E-state index in [1.54, 1.807) is 56.3 Å². The molecule has 1 saturated heterocycles. The van der Waals surface area contributed by atoms with Crippen LogP contribution in [0.25, 0.3) is 11.1 Å². The van der Waals surface area contributed by atoms with Gasteiger partial charge in [-0.05, 0) is 85.7 Å². The molecule has 2 amide bonds. The van der Waals surface area contributed by atoms with Gasteiger partial charge in [-0.2, -0.15) is 0 Å². The van der Waals surface area contributed by atoms with Crippen LogP contribution in [0.1, 0.15) is 65.5 Å². The molecular weight excluding hydrogens is 694 g/mol. The van der Waals surface area contributed by atoms with E-state index in [9.17, 15) is 18.4 Å². The first-order valence-corrected chi connectivity index (χ1v) is 18.1. The molecule has 1 fully saturated rings. The van der Waals surface area contributed by atoms with Gasteiger partial charge in [0.1, 0.15) is 36.2 Å². The largest absolute Gasteiger partial charge is 0.491 e. The molecule has 5 rings (SSSR count). The minimum Gasteiger partial charge on any atom is -0.491 e. The van der Waals surface area contributed by atoms with Crippen LogP contribution in [0.5, 0.6) is 5.75 Å². The molecule has 0 unspecified atom stereocenters. The number of ether oxygens (including phenoxy) is 3. The molecule has 2 N–H and O–H groups in total. The maximum absolute atomic E-state index is 14.4. The van der Waals surface area contributed by atoms with Gasteiger partial charge in [0.05, 0.1) is 23.5 Å². The van der Waals surface area contributed by atoms with Gasteiger partial charge >= 0.3 is 12.2 Å². The molecule has 13 heteroatoms. The molecule has 0 saturated carbocycles. The van der Waals surface area contributed by atoms with Crippen LogP contribution in [0.3, 0.4) is 0 Å². The Hall–Kier alpha value is -5.46. The van der Waals surface area contributed by atoms with E-state index in [-0.39, 0.29) is 36.0 Å². The van der Waals surface area contributed by atoms with Gasteiger partial charge in [-0.25, -0.2) is 28.3 Å². The molecule has 2 aromatic heterocycles. The lowest BCUT2D eigenvalue weighted by atomic mass is 9.88. The zero-order valence-corrected chi connectivity index (χ0v) is 31.8. The van der Waals surface area contributed by atoms with E-state index in [1.807, 2.05) is 63.2 Å². The number of rotatable bonds is 12. The molecule has 1 atom stereocenters. The highest BCUT2D eigenvalue weighted by atomic mass is 19.3. The number of alkyl carbamates (subject to hydrolysis) is 1. The number of anilines is 3. The van der Waals surface area contributed by atoms with Crippen molar-refractivity contribution in [2.75, 3.05) is 43.0 Å². The maximum atomic E-state index is 14.4. The fourth-order valence-electron chi connectivity index (χ4n) is 5.99. The first-order chi connectivity index (χ1) is 25.6. The van der Waals surface area contributed by atoms with E-state index < -0.39 is 24.2 Å². The fraction of sp³-hybridized carbons (Fsp3) is 0.415. The standard InChI is InChI=1S/C41H50F2N6O5/c1-40(2,3)24-32(47-38(50)54-41(4,5)6)27-52-34-14-12-29(22-33(34)37(42)43)30-16-17-44-35(23-30)46-31-13-15-36(45-25-31)48-18-20-49(21-19-48)39(51)53-26-28-10-8-7-9-11-28/h7-17,22-23,25,32,37H,18-21,24,26-27H2,1-6H3,(H,44,46)(H,47,50)/t32-/m0/s1. The first-order valence-electron chi connectivity index (χ1n) is 18.1. The number of benzene rings is 2. The number of halogens is 2. The maximum Gasteiger partial charge on any atom is 0.410 e. The van der Waals surface area contributed by atoms with Crippen molar-refractivity contribution >= 4 is 29.5 Å². The molecule has 54 heavy (non-hydrogen) atoms. The van der Waals surface area contributed by atoms with Crippen LogP contribution in [0, 0.1) is 5.41 Å². The predicted molar refractivity (Wildman–Crippen MR) is 205 cm³/mol. The van der Waals surface area contributed by atoms with Crippen LogP contribution >= 0.6 is 0 Å². The number of amides is 2. The lowest BCUT2D eigenvalue weighted by Gasteiger charge is -2.34. The molecule has 2 aromatic carbocycles. The number of alkyl halides is 2. The van der Waals surface area contributed by atoms with Crippen molar-refractivity contribution < 1.29 is 32.6 Å². The van der Waals surface area contributed by atoms with E-state index in [1.165, 1.54) is 12.1 Å². The average molecular weight is 745 g/mol. The van der Waals surface area contributed by atoms with Crippen molar-refractivity contribution in [3.05, 3.63) is 96.3 Å². The molecule has 1 aliphatic heterocycles. The highest BCUT2D eigenvalue weighted by Crippen LogP contribution is 2.35. The van der Waals surface area contributed by atoms with E-state index in [0.29, 0.717) is 55.2 Å². The van der Waals surface area contributed by atoms with E-state index >= 15 is 0 Å². The summed E-state index contributed by atoms with van der Waals surface area (Å²) >= 11 is 0. The van der Waals surface area contributed by atoms with Crippen molar-refractivity contribution in [3.8, 4) is 16.9 Å². The fourth-order valence-corrected chi connectivity index (χ4v) is 5.99. The van der Waals surface area contributed by atoms with Crippen molar-refractivity contribution in [2.24, 2.45) is 5.41 Å². The summed E-state index contributed by atoms with van der Waals surface area (Å²) in [6, 6.07) is 21.1. The third kappa shape index (κ3) is 12.0. The minimum absolute atomic E-state index is 0.00817. The lowest BCUT2D eigenvalue weighted by Crippen LogP contribution is -2.49. The normalized spacial score (nSPS) is 14.0. The van der Waals surface area contributed by atoms with Crippen molar-refractivity contribution in [2.45, 2.75) is 72.6 Å². The molecule has 4 aromatic rings. The summed E-state index contributed by atoms with van der Waals surface area (Å²) in [5, 5.41) is 6.08. The summed E-state index contributed by atoms with van der Waals surface area (Å²) in [6.45, 7) is 13.9. The number of nitrogens with one attached hydrogen (secondary N) is 2. The van der Waals surface area contributed by atoms with Crippen LogP contribution in [-0.2, 0) is 16.1 Å². The van der Waals surface area contributed by atoms with E-state index in [0.717, 1.165) is 11.4 Å². The van der Waals surface area contributed by atoms with Gasteiger partial charge in [-0.3, -0.25) is 0 Å². The lowest BCUT2D eigenvalue weighted by molar-refractivity contribution is 0.0469. The zero-order chi connectivity index (χ0) is 38.9. The highest BCUT2D eigenvalue weighted by molar-refractivity contribution is 5.71. The first kappa shape index (κ1) is 39.7. The smallest absolute Gasteiger partial charge is 0.410 e. The molecule has 0 aliphatic carbocycles. The second-order valence-electron chi connectivity index (χ2n) is 15.4. The molecule has 288 valence electrons. The number of carbonyl (C=O) groups excluding carboxylic acids is 2. The quantitative estimate of drug-likeness (QED) is 0.147. The van der Waals surface area contributed by atoms with Crippen LogP contribution in [0.4, 0.5) is 35.7 Å². The van der Waals surface area contributed by atoms with Crippen LogP contribution in [0.2, 0.25) is 0 Å². The molecule has 0 spiro atoms. The van der Waals surface area contributed by atoms with Crippen LogP contribution in [0.15, 0.2) is 85.2 Å². The minimum atomic E-state index is -2.79. The summed E-state index contributed by atoms with van der Waals surface area (Å²) in [5.41, 5.74) is 1.80. The van der Waals surface area contributed by atoms with Gasteiger partial charge in [0.15, 0.2) is 0 Å².